The second-order valence-corrected chi connectivity index (χ2v) is 5.53. The van der Waals surface area contributed by atoms with E-state index in [1.165, 1.54) is 6.07 Å². The fraction of sp³-hybridized carbons (Fsp3) is 0.571. The van der Waals surface area contributed by atoms with Gasteiger partial charge < -0.3 is 5.73 Å². The molecule has 0 fully saturated rings. The van der Waals surface area contributed by atoms with Crippen molar-refractivity contribution in [3.8, 4) is 0 Å². The fourth-order valence-corrected chi connectivity index (χ4v) is 2.59. The fourth-order valence-electron chi connectivity index (χ4n) is 2.12. The van der Waals surface area contributed by atoms with E-state index in [0.29, 0.717) is 0 Å². The molecule has 0 aliphatic rings. The summed E-state index contributed by atoms with van der Waals surface area (Å²) in [7, 11) is 2.06. The van der Waals surface area contributed by atoms with Gasteiger partial charge in [0.05, 0.1) is 0 Å². The van der Waals surface area contributed by atoms with E-state index in [9.17, 15) is 4.39 Å². The summed E-state index contributed by atoms with van der Waals surface area (Å²) in [4.78, 5) is 2.22. The maximum atomic E-state index is 13.3. The van der Waals surface area contributed by atoms with Crippen LogP contribution < -0.4 is 5.73 Å². The van der Waals surface area contributed by atoms with Crippen molar-refractivity contribution in [3.05, 3.63) is 35.6 Å². The molecule has 102 valence electrons. The Hall–Kier alpha value is -0.580. The van der Waals surface area contributed by atoms with E-state index in [-0.39, 0.29) is 17.9 Å². The molecule has 0 heterocycles. The zero-order chi connectivity index (χ0) is 13.5. The highest BCUT2D eigenvalue weighted by Crippen LogP contribution is 2.24. The third-order valence-electron chi connectivity index (χ3n) is 3.19. The first-order valence-electron chi connectivity index (χ1n) is 6.30. The van der Waals surface area contributed by atoms with Gasteiger partial charge in [-0.15, -0.1) is 0 Å². The van der Waals surface area contributed by atoms with Crippen LogP contribution in [0.4, 0.5) is 4.39 Å². The van der Waals surface area contributed by atoms with E-state index in [2.05, 4.69) is 25.1 Å². The summed E-state index contributed by atoms with van der Waals surface area (Å²) in [5, 5.41) is 0. The van der Waals surface area contributed by atoms with Gasteiger partial charge in [-0.1, -0.05) is 19.1 Å². The smallest absolute Gasteiger partial charge is 0.123 e. The Labute approximate surface area is 114 Å². The van der Waals surface area contributed by atoms with Gasteiger partial charge in [-0.25, -0.2) is 4.39 Å². The summed E-state index contributed by atoms with van der Waals surface area (Å²) in [5.41, 5.74) is 7.17. The number of hydrogen-bond donors (Lipinski definition) is 1. The molecule has 0 aliphatic heterocycles. The molecule has 0 aromatic heterocycles. The standard InChI is InChI=1S/C14H23FN2S/c1-4-13(16)14(17(2)8-9-18-3)11-6-5-7-12(15)10-11/h5-7,10,13-14H,4,8-9,16H2,1-3H3. The van der Waals surface area contributed by atoms with Crippen molar-refractivity contribution >= 4 is 11.8 Å². The van der Waals surface area contributed by atoms with E-state index in [1.807, 2.05) is 17.8 Å². The SMILES string of the molecule is CCC(N)C(c1cccc(F)c1)N(C)CCSC. The van der Waals surface area contributed by atoms with Crippen LogP contribution in [0.15, 0.2) is 24.3 Å². The lowest BCUT2D eigenvalue weighted by atomic mass is 9.96. The van der Waals surface area contributed by atoms with E-state index in [0.717, 1.165) is 24.3 Å². The number of nitrogens with zero attached hydrogens (tertiary/aromatic N) is 1. The van der Waals surface area contributed by atoms with Crippen molar-refractivity contribution in [1.82, 2.24) is 4.90 Å². The predicted molar refractivity (Wildman–Crippen MR) is 78.4 cm³/mol. The highest BCUT2D eigenvalue weighted by Gasteiger charge is 2.23. The Kier molecular flexibility index (Phi) is 6.68. The third kappa shape index (κ3) is 4.26. The number of likely N-dealkylation sites (N-methyl/N-ethyl adjacent to an activating group) is 1. The number of hydrogen-bond acceptors (Lipinski definition) is 3. The molecule has 18 heavy (non-hydrogen) atoms. The van der Waals surface area contributed by atoms with Crippen molar-refractivity contribution in [2.45, 2.75) is 25.4 Å². The third-order valence-corrected chi connectivity index (χ3v) is 3.78. The lowest BCUT2D eigenvalue weighted by Crippen LogP contribution is -2.39. The lowest BCUT2D eigenvalue weighted by Gasteiger charge is -2.32. The van der Waals surface area contributed by atoms with E-state index < -0.39 is 0 Å². The Balaban J connectivity index is 2.90. The van der Waals surface area contributed by atoms with Gasteiger partial charge in [0.15, 0.2) is 0 Å². The maximum absolute atomic E-state index is 13.3. The number of nitrogens with two attached hydrogens (primary N) is 1. The first kappa shape index (κ1) is 15.5. The molecule has 1 aromatic carbocycles. The molecule has 0 amide bonds. The van der Waals surface area contributed by atoms with Crippen molar-refractivity contribution < 1.29 is 4.39 Å². The molecule has 2 atom stereocenters. The Morgan fingerprint density at radius 3 is 2.72 bits per heavy atom. The van der Waals surface area contributed by atoms with Gasteiger partial charge in [-0.05, 0) is 37.4 Å². The quantitative estimate of drug-likeness (QED) is 0.826. The molecule has 0 radical (unpaired) electrons. The maximum Gasteiger partial charge on any atom is 0.123 e. The van der Waals surface area contributed by atoms with Crippen molar-refractivity contribution in [3.63, 3.8) is 0 Å². The van der Waals surface area contributed by atoms with Crippen LogP contribution in [-0.2, 0) is 0 Å². The Morgan fingerprint density at radius 2 is 2.17 bits per heavy atom. The summed E-state index contributed by atoms with van der Waals surface area (Å²) in [5.74, 6) is 0.859. The molecule has 0 saturated carbocycles. The highest BCUT2D eigenvalue weighted by atomic mass is 32.2. The monoisotopic (exact) mass is 270 g/mol. The number of rotatable bonds is 7. The van der Waals surface area contributed by atoms with Crippen molar-refractivity contribution in [2.75, 3.05) is 25.6 Å². The molecule has 4 heteroatoms. The topological polar surface area (TPSA) is 29.3 Å². The molecule has 2 nitrogen and oxygen atoms in total. The Bertz CT molecular complexity index is 359. The van der Waals surface area contributed by atoms with Crippen LogP contribution in [0.25, 0.3) is 0 Å². The van der Waals surface area contributed by atoms with Gasteiger partial charge >= 0.3 is 0 Å². The average Bonchev–Trinajstić information content (AvgIpc) is 2.36. The second-order valence-electron chi connectivity index (χ2n) is 4.55. The number of benzene rings is 1. The normalized spacial score (nSPS) is 14.8. The predicted octanol–water partition coefficient (Wildman–Crippen LogP) is 2.90. The zero-order valence-electron chi connectivity index (χ0n) is 11.4. The van der Waals surface area contributed by atoms with Crippen LogP contribution in [0, 0.1) is 5.82 Å². The molecule has 0 bridgehead atoms. The minimum absolute atomic E-state index is 0.0265. The van der Waals surface area contributed by atoms with Crippen molar-refractivity contribution in [2.24, 2.45) is 5.73 Å². The van der Waals surface area contributed by atoms with Crippen LogP contribution in [0.5, 0.6) is 0 Å². The van der Waals surface area contributed by atoms with Gasteiger partial charge in [-0.2, -0.15) is 11.8 Å². The van der Waals surface area contributed by atoms with Gasteiger partial charge in [0.2, 0.25) is 0 Å². The highest BCUT2D eigenvalue weighted by molar-refractivity contribution is 7.98. The van der Waals surface area contributed by atoms with Crippen molar-refractivity contribution in [1.29, 1.82) is 0 Å². The molecule has 1 rings (SSSR count). The number of halogens is 1. The number of thioether (sulfide) groups is 1. The first-order valence-corrected chi connectivity index (χ1v) is 7.69. The summed E-state index contributed by atoms with van der Waals surface area (Å²) in [6, 6.07) is 6.88. The summed E-state index contributed by atoms with van der Waals surface area (Å²) < 4.78 is 13.3. The molecular formula is C14H23FN2S. The van der Waals surface area contributed by atoms with Crippen LogP contribution in [0.3, 0.4) is 0 Å². The minimum atomic E-state index is -0.195. The average molecular weight is 270 g/mol. The molecular weight excluding hydrogens is 247 g/mol. The van der Waals surface area contributed by atoms with Crippen LogP contribution >= 0.6 is 11.8 Å². The summed E-state index contributed by atoms with van der Waals surface area (Å²) >= 11 is 1.81. The van der Waals surface area contributed by atoms with Gasteiger partial charge in [0.1, 0.15) is 5.82 Å². The van der Waals surface area contributed by atoms with Crippen LogP contribution in [0.2, 0.25) is 0 Å². The molecule has 1 aromatic rings. The second kappa shape index (κ2) is 7.77. The molecule has 0 aliphatic carbocycles. The molecule has 0 saturated heterocycles. The van der Waals surface area contributed by atoms with Gasteiger partial charge in [-0.3, -0.25) is 4.90 Å². The van der Waals surface area contributed by atoms with Crippen LogP contribution in [-0.4, -0.2) is 36.5 Å². The first-order chi connectivity index (χ1) is 8.60. The molecule has 2 unspecified atom stereocenters. The minimum Gasteiger partial charge on any atom is -0.326 e. The van der Waals surface area contributed by atoms with E-state index in [1.54, 1.807) is 12.1 Å². The van der Waals surface area contributed by atoms with E-state index in [4.69, 9.17) is 5.73 Å². The lowest BCUT2D eigenvalue weighted by molar-refractivity contribution is 0.221. The summed E-state index contributed by atoms with van der Waals surface area (Å²) in [6.07, 6.45) is 2.97. The van der Waals surface area contributed by atoms with Gasteiger partial charge in [0, 0.05) is 24.4 Å². The van der Waals surface area contributed by atoms with E-state index >= 15 is 0 Å². The van der Waals surface area contributed by atoms with Crippen LogP contribution in [0.1, 0.15) is 24.9 Å². The van der Waals surface area contributed by atoms with Gasteiger partial charge in [0.25, 0.3) is 0 Å². The largest absolute Gasteiger partial charge is 0.326 e. The zero-order valence-corrected chi connectivity index (χ0v) is 12.2. The molecule has 0 spiro atoms. The summed E-state index contributed by atoms with van der Waals surface area (Å²) in [6.45, 7) is 3.02. The Morgan fingerprint density at radius 1 is 1.44 bits per heavy atom. The molecule has 2 N–H and O–H groups in total.